The number of benzene rings is 1. The Kier molecular flexibility index (Phi) is 3.79. The van der Waals surface area contributed by atoms with E-state index in [-0.39, 0.29) is 15.7 Å². The van der Waals surface area contributed by atoms with Gasteiger partial charge in [-0.1, -0.05) is 12.1 Å². The molecule has 102 valence electrons. The Balaban J connectivity index is 2.50. The first-order valence-corrected chi connectivity index (χ1v) is 7.74. The molecule has 2 aromatic rings. The van der Waals surface area contributed by atoms with Crippen molar-refractivity contribution in [3.63, 3.8) is 0 Å². The quantitative estimate of drug-likeness (QED) is 0.670. The van der Waals surface area contributed by atoms with E-state index in [4.69, 9.17) is 5.26 Å². The highest BCUT2D eigenvalue weighted by molar-refractivity contribution is 7.97. The van der Waals surface area contributed by atoms with Gasteiger partial charge in [-0.25, -0.2) is 8.42 Å². The minimum absolute atomic E-state index is 0.0771. The Morgan fingerprint density at radius 3 is 2.55 bits per heavy atom. The molecule has 0 fully saturated rings. The Labute approximate surface area is 119 Å². The average Bonchev–Trinajstić information content (AvgIpc) is 2.94. The van der Waals surface area contributed by atoms with Crippen LogP contribution in [0.15, 0.2) is 44.8 Å². The Morgan fingerprint density at radius 1 is 1.25 bits per heavy atom. The standard InChI is InChI=1S/C13H9NO4S2/c14-8-10(20(17,18)13-2-1-5-19-13)6-9-3-4-11(15)12(16)7-9/h1-7,15-16H/b10-6+. The highest BCUT2D eigenvalue weighted by Crippen LogP contribution is 2.28. The number of rotatable bonds is 3. The van der Waals surface area contributed by atoms with Crippen LogP contribution in [0.3, 0.4) is 0 Å². The summed E-state index contributed by atoms with van der Waals surface area (Å²) in [4.78, 5) is -0.426. The molecule has 0 saturated carbocycles. The van der Waals surface area contributed by atoms with Gasteiger partial charge in [-0.15, -0.1) is 11.3 Å². The number of hydrogen-bond acceptors (Lipinski definition) is 6. The number of thiophene rings is 1. The van der Waals surface area contributed by atoms with E-state index in [2.05, 4.69) is 0 Å². The molecule has 0 atom stereocenters. The summed E-state index contributed by atoms with van der Waals surface area (Å²) in [6, 6.07) is 8.44. The molecule has 1 aromatic carbocycles. The Morgan fingerprint density at radius 2 is 2.00 bits per heavy atom. The van der Waals surface area contributed by atoms with Crippen LogP contribution in [0, 0.1) is 11.3 Å². The summed E-state index contributed by atoms with van der Waals surface area (Å²) in [7, 11) is -3.85. The molecule has 1 heterocycles. The van der Waals surface area contributed by atoms with Gasteiger partial charge in [-0.2, -0.15) is 5.26 Å². The second-order valence-corrected chi connectivity index (χ2v) is 6.90. The van der Waals surface area contributed by atoms with E-state index in [1.165, 1.54) is 24.3 Å². The predicted molar refractivity (Wildman–Crippen MR) is 74.9 cm³/mol. The maximum absolute atomic E-state index is 12.2. The SMILES string of the molecule is N#C/C(=C\c1ccc(O)c(O)c1)S(=O)(=O)c1cccs1. The van der Waals surface area contributed by atoms with Crippen molar-refractivity contribution in [3.8, 4) is 17.6 Å². The minimum Gasteiger partial charge on any atom is -0.504 e. The molecule has 0 bridgehead atoms. The monoisotopic (exact) mass is 307 g/mol. The van der Waals surface area contributed by atoms with E-state index in [9.17, 15) is 18.6 Å². The zero-order valence-corrected chi connectivity index (χ0v) is 11.6. The normalized spacial score (nSPS) is 12.1. The molecule has 2 N–H and O–H groups in total. The van der Waals surface area contributed by atoms with Crippen LogP contribution >= 0.6 is 11.3 Å². The van der Waals surface area contributed by atoms with E-state index >= 15 is 0 Å². The van der Waals surface area contributed by atoms with E-state index in [0.29, 0.717) is 5.56 Å². The van der Waals surface area contributed by atoms with Gasteiger partial charge in [0.15, 0.2) is 16.4 Å². The number of phenolic OH excluding ortho intramolecular Hbond substituents is 2. The van der Waals surface area contributed by atoms with Gasteiger partial charge in [0.05, 0.1) is 0 Å². The van der Waals surface area contributed by atoms with Crippen molar-refractivity contribution in [2.75, 3.05) is 0 Å². The fraction of sp³-hybridized carbons (Fsp3) is 0. The molecular formula is C13H9NO4S2. The number of aromatic hydroxyl groups is 2. The van der Waals surface area contributed by atoms with E-state index in [1.807, 2.05) is 0 Å². The molecule has 0 unspecified atom stereocenters. The van der Waals surface area contributed by atoms with Crippen LogP contribution < -0.4 is 0 Å². The number of nitrogens with zero attached hydrogens (tertiary/aromatic N) is 1. The van der Waals surface area contributed by atoms with Gasteiger partial charge in [-0.05, 0) is 35.2 Å². The molecular weight excluding hydrogens is 298 g/mol. The Bertz CT molecular complexity index is 799. The molecule has 0 aliphatic carbocycles. The van der Waals surface area contributed by atoms with Crippen LogP contribution in [-0.4, -0.2) is 18.6 Å². The number of nitriles is 1. The fourth-order valence-corrected chi connectivity index (χ4v) is 3.75. The number of allylic oxidation sites excluding steroid dienone is 1. The molecule has 0 spiro atoms. The molecule has 0 radical (unpaired) electrons. The Hall–Kier alpha value is -2.30. The average molecular weight is 307 g/mol. The second kappa shape index (κ2) is 5.36. The van der Waals surface area contributed by atoms with Gasteiger partial charge < -0.3 is 10.2 Å². The van der Waals surface area contributed by atoms with Gasteiger partial charge in [0.25, 0.3) is 0 Å². The second-order valence-electron chi connectivity index (χ2n) is 3.80. The highest BCUT2D eigenvalue weighted by atomic mass is 32.2. The number of sulfone groups is 1. The van der Waals surface area contributed by atoms with Crippen molar-refractivity contribution in [3.05, 3.63) is 46.2 Å². The van der Waals surface area contributed by atoms with Gasteiger partial charge >= 0.3 is 0 Å². The lowest BCUT2D eigenvalue weighted by Crippen LogP contribution is -2.01. The predicted octanol–water partition coefficient (Wildman–Crippen LogP) is 2.50. The summed E-state index contributed by atoms with van der Waals surface area (Å²) in [6.07, 6.45) is 1.15. The van der Waals surface area contributed by atoms with Crippen molar-refractivity contribution in [1.29, 1.82) is 5.26 Å². The van der Waals surface area contributed by atoms with Crippen LogP contribution in [0.25, 0.3) is 6.08 Å². The molecule has 0 amide bonds. The van der Waals surface area contributed by atoms with E-state index in [1.54, 1.807) is 17.5 Å². The van der Waals surface area contributed by atoms with Gasteiger partial charge in [-0.3, -0.25) is 0 Å². The van der Waals surface area contributed by atoms with Gasteiger partial charge in [0.1, 0.15) is 10.3 Å². The van der Waals surface area contributed by atoms with E-state index < -0.39 is 14.7 Å². The highest BCUT2D eigenvalue weighted by Gasteiger charge is 2.21. The lowest BCUT2D eigenvalue weighted by Gasteiger charge is -2.01. The van der Waals surface area contributed by atoms with Gasteiger partial charge in [0.2, 0.25) is 9.84 Å². The van der Waals surface area contributed by atoms with Crippen molar-refractivity contribution < 1.29 is 18.6 Å². The van der Waals surface area contributed by atoms with Crippen LogP contribution in [0.5, 0.6) is 11.5 Å². The lowest BCUT2D eigenvalue weighted by atomic mass is 10.2. The third kappa shape index (κ3) is 2.66. The first-order valence-electron chi connectivity index (χ1n) is 5.37. The van der Waals surface area contributed by atoms with Crippen molar-refractivity contribution in [1.82, 2.24) is 0 Å². The summed E-state index contributed by atoms with van der Waals surface area (Å²) < 4.78 is 24.5. The molecule has 0 saturated heterocycles. The summed E-state index contributed by atoms with van der Waals surface area (Å²) in [6.45, 7) is 0. The molecule has 7 heteroatoms. The first kappa shape index (κ1) is 14.1. The third-order valence-electron chi connectivity index (χ3n) is 2.46. The zero-order valence-electron chi connectivity index (χ0n) is 10.0. The van der Waals surface area contributed by atoms with Crippen LogP contribution in [0.2, 0.25) is 0 Å². The topological polar surface area (TPSA) is 98.4 Å². The molecule has 0 aliphatic heterocycles. The fourth-order valence-electron chi connectivity index (χ4n) is 1.48. The lowest BCUT2D eigenvalue weighted by molar-refractivity contribution is 0.403. The smallest absolute Gasteiger partial charge is 0.226 e. The summed E-state index contributed by atoms with van der Waals surface area (Å²) >= 11 is 1.02. The van der Waals surface area contributed by atoms with E-state index in [0.717, 1.165) is 17.4 Å². The molecule has 2 rings (SSSR count). The summed E-state index contributed by atoms with van der Waals surface area (Å²) in [5.41, 5.74) is 0.303. The summed E-state index contributed by atoms with van der Waals surface area (Å²) in [5, 5.41) is 29.2. The van der Waals surface area contributed by atoms with Crippen LogP contribution in [0.4, 0.5) is 0 Å². The third-order valence-corrected chi connectivity index (χ3v) is 5.52. The molecule has 1 aromatic heterocycles. The minimum atomic E-state index is -3.85. The molecule has 20 heavy (non-hydrogen) atoms. The number of phenols is 2. The number of hydrogen-bond donors (Lipinski definition) is 2. The maximum Gasteiger partial charge on any atom is 0.226 e. The largest absolute Gasteiger partial charge is 0.504 e. The molecule has 5 nitrogen and oxygen atoms in total. The van der Waals surface area contributed by atoms with Crippen LogP contribution in [0.1, 0.15) is 5.56 Å². The zero-order chi connectivity index (χ0) is 14.8. The first-order chi connectivity index (χ1) is 9.45. The van der Waals surface area contributed by atoms with Crippen molar-refractivity contribution in [2.45, 2.75) is 4.21 Å². The molecule has 0 aliphatic rings. The van der Waals surface area contributed by atoms with Gasteiger partial charge in [0, 0.05) is 0 Å². The van der Waals surface area contributed by atoms with Crippen molar-refractivity contribution >= 4 is 27.3 Å². The maximum atomic E-state index is 12.2. The van der Waals surface area contributed by atoms with Crippen LogP contribution in [-0.2, 0) is 9.84 Å². The summed E-state index contributed by atoms with van der Waals surface area (Å²) in [5.74, 6) is -0.702. The van der Waals surface area contributed by atoms with Crippen molar-refractivity contribution in [2.24, 2.45) is 0 Å².